The third-order valence-corrected chi connectivity index (χ3v) is 5.05. The van der Waals surface area contributed by atoms with Crippen LogP contribution in [0.15, 0.2) is 42.5 Å². The zero-order chi connectivity index (χ0) is 14.2. The number of hydrogen-bond acceptors (Lipinski definition) is 1. The van der Waals surface area contributed by atoms with Gasteiger partial charge in [0.1, 0.15) is 0 Å². The van der Waals surface area contributed by atoms with E-state index in [4.69, 9.17) is 0 Å². The molecule has 1 heteroatoms. The Hall–Kier alpha value is -1.89. The van der Waals surface area contributed by atoms with Crippen LogP contribution in [-0.2, 0) is 6.42 Å². The lowest BCUT2D eigenvalue weighted by Gasteiger charge is -2.20. The van der Waals surface area contributed by atoms with Crippen LogP contribution in [0.5, 0.6) is 0 Å². The maximum atomic E-state index is 12.7. The molecule has 0 atom stereocenters. The Labute approximate surface area is 126 Å². The van der Waals surface area contributed by atoms with Gasteiger partial charge < -0.3 is 0 Å². The van der Waals surface area contributed by atoms with Crippen LogP contribution >= 0.6 is 0 Å². The Morgan fingerprint density at radius 2 is 1.62 bits per heavy atom. The van der Waals surface area contributed by atoms with Crippen LogP contribution in [0, 0.1) is 5.92 Å². The van der Waals surface area contributed by atoms with Crippen molar-refractivity contribution >= 4 is 5.78 Å². The molecule has 1 saturated carbocycles. The first kappa shape index (κ1) is 12.8. The van der Waals surface area contributed by atoms with E-state index in [1.807, 2.05) is 6.07 Å². The summed E-state index contributed by atoms with van der Waals surface area (Å²) >= 11 is 0. The van der Waals surface area contributed by atoms with Gasteiger partial charge in [-0.15, -0.1) is 0 Å². The third-order valence-electron chi connectivity index (χ3n) is 5.05. The van der Waals surface area contributed by atoms with Crippen molar-refractivity contribution in [2.75, 3.05) is 0 Å². The molecule has 2 aliphatic carbocycles. The molecule has 1 fully saturated rings. The van der Waals surface area contributed by atoms with E-state index >= 15 is 0 Å². The highest BCUT2D eigenvalue weighted by Crippen LogP contribution is 2.37. The van der Waals surface area contributed by atoms with E-state index in [2.05, 4.69) is 36.4 Å². The van der Waals surface area contributed by atoms with Crippen LogP contribution in [0.1, 0.15) is 53.6 Å². The summed E-state index contributed by atoms with van der Waals surface area (Å²) in [4.78, 5) is 12.7. The van der Waals surface area contributed by atoms with Gasteiger partial charge in [0.25, 0.3) is 0 Å². The van der Waals surface area contributed by atoms with Gasteiger partial charge in [0, 0.05) is 11.5 Å². The first-order valence-electron chi connectivity index (χ1n) is 8.08. The van der Waals surface area contributed by atoms with E-state index in [9.17, 15) is 4.79 Å². The predicted octanol–water partition coefficient (Wildman–Crippen LogP) is 5.02. The van der Waals surface area contributed by atoms with E-state index < -0.39 is 0 Å². The maximum Gasteiger partial charge on any atom is 0.165 e. The van der Waals surface area contributed by atoms with E-state index in [0.29, 0.717) is 5.78 Å². The molecule has 0 unspecified atom stereocenters. The second-order valence-corrected chi connectivity index (χ2v) is 6.41. The Morgan fingerprint density at radius 3 is 2.48 bits per heavy atom. The topological polar surface area (TPSA) is 17.1 Å². The van der Waals surface area contributed by atoms with Gasteiger partial charge in [0.2, 0.25) is 0 Å². The molecular weight excluding hydrogens is 256 g/mol. The normalized spacial score (nSPS) is 17.3. The molecule has 0 amide bonds. The number of benzene rings is 2. The zero-order valence-electron chi connectivity index (χ0n) is 12.3. The van der Waals surface area contributed by atoms with E-state index in [1.54, 1.807) is 0 Å². The molecule has 0 saturated heterocycles. The van der Waals surface area contributed by atoms with Gasteiger partial charge in [-0.1, -0.05) is 55.7 Å². The molecule has 0 aromatic heterocycles. The second-order valence-electron chi connectivity index (χ2n) is 6.41. The monoisotopic (exact) mass is 276 g/mol. The van der Waals surface area contributed by atoms with Gasteiger partial charge in [-0.05, 0) is 47.6 Å². The average Bonchev–Trinajstić information content (AvgIpc) is 2.92. The van der Waals surface area contributed by atoms with Crippen LogP contribution in [0.2, 0.25) is 0 Å². The van der Waals surface area contributed by atoms with Gasteiger partial charge in [-0.2, -0.15) is 0 Å². The van der Waals surface area contributed by atoms with Crippen LogP contribution < -0.4 is 0 Å². The largest absolute Gasteiger partial charge is 0.294 e. The van der Waals surface area contributed by atoms with Gasteiger partial charge in [-0.25, -0.2) is 0 Å². The fourth-order valence-electron chi connectivity index (χ4n) is 3.90. The standard InChI is InChI=1S/C20H20O/c21-20(14-6-2-1-3-7-14)16-10-11-19-17(13-16)12-15-8-4-5-9-18(15)19/h4-5,8-11,13-14H,1-3,6-7,12H2. The summed E-state index contributed by atoms with van der Waals surface area (Å²) < 4.78 is 0. The molecule has 4 rings (SSSR count). The number of rotatable bonds is 2. The fraction of sp³-hybridized carbons (Fsp3) is 0.350. The first-order valence-corrected chi connectivity index (χ1v) is 8.08. The van der Waals surface area contributed by atoms with E-state index in [1.165, 1.54) is 41.5 Å². The van der Waals surface area contributed by atoms with E-state index in [0.717, 1.165) is 24.8 Å². The molecule has 1 nitrogen and oxygen atoms in total. The minimum absolute atomic E-state index is 0.264. The van der Waals surface area contributed by atoms with Gasteiger partial charge >= 0.3 is 0 Å². The summed E-state index contributed by atoms with van der Waals surface area (Å²) in [6, 6.07) is 14.9. The van der Waals surface area contributed by atoms with Crippen molar-refractivity contribution in [3.63, 3.8) is 0 Å². The quantitative estimate of drug-likeness (QED) is 0.601. The van der Waals surface area contributed by atoms with Crippen LogP contribution in [-0.4, -0.2) is 5.78 Å². The van der Waals surface area contributed by atoms with Crippen molar-refractivity contribution in [3.05, 3.63) is 59.2 Å². The molecule has 0 N–H and O–H groups in total. The molecule has 2 aromatic carbocycles. The van der Waals surface area contributed by atoms with E-state index in [-0.39, 0.29) is 5.92 Å². The van der Waals surface area contributed by atoms with Crippen molar-refractivity contribution in [1.29, 1.82) is 0 Å². The van der Waals surface area contributed by atoms with Gasteiger partial charge in [-0.3, -0.25) is 4.79 Å². The lowest BCUT2D eigenvalue weighted by Crippen LogP contribution is -2.17. The Bertz CT molecular complexity index is 693. The highest BCUT2D eigenvalue weighted by Gasteiger charge is 2.24. The van der Waals surface area contributed by atoms with Gasteiger partial charge in [0.15, 0.2) is 5.78 Å². The molecule has 2 aromatic rings. The smallest absolute Gasteiger partial charge is 0.165 e. The molecular formula is C20H20O. The molecule has 21 heavy (non-hydrogen) atoms. The van der Waals surface area contributed by atoms with Crippen molar-refractivity contribution in [1.82, 2.24) is 0 Å². The lowest BCUT2D eigenvalue weighted by molar-refractivity contribution is 0.0889. The minimum atomic E-state index is 0.264. The molecule has 0 radical (unpaired) electrons. The number of carbonyl (C=O) groups excluding carboxylic acids is 1. The number of hydrogen-bond donors (Lipinski definition) is 0. The third kappa shape index (κ3) is 2.21. The summed E-state index contributed by atoms with van der Waals surface area (Å²) in [5, 5.41) is 0. The SMILES string of the molecule is O=C(c1ccc2c(c1)Cc1ccccc1-2)C1CCCCC1. The van der Waals surface area contributed by atoms with Crippen molar-refractivity contribution in [2.24, 2.45) is 5.92 Å². The predicted molar refractivity (Wildman–Crippen MR) is 85.6 cm³/mol. The lowest BCUT2D eigenvalue weighted by atomic mass is 9.83. The Kier molecular flexibility index (Phi) is 3.14. The summed E-state index contributed by atoms with van der Waals surface area (Å²) in [6.07, 6.45) is 6.85. The Balaban J connectivity index is 1.65. The second kappa shape index (κ2) is 5.14. The summed E-state index contributed by atoms with van der Waals surface area (Å²) in [5.41, 5.74) is 6.27. The molecule has 106 valence electrons. The van der Waals surface area contributed by atoms with Crippen molar-refractivity contribution in [2.45, 2.75) is 38.5 Å². The minimum Gasteiger partial charge on any atom is -0.294 e. The molecule has 0 spiro atoms. The fourth-order valence-corrected chi connectivity index (χ4v) is 3.90. The Morgan fingerprint density at radius 1 is 0.857 bits per heavy atom. The average molecular weight is 276 g/mol. The van der Waals surface area contributed by atoms with Crippen LogP contribution in [0.4, 0.5) is 0 Å². The van der Waals surface area contributed by atoms with Crippen LogP contribution in [0.3, 0.4) is 0 Å². The number of carbonyl (C=O) groups is 1. The molecule has 0 bridgehead atoms. The summed E-state index contributed by atoms with van der Waals surface area (Å²) in [7, 11) is 0. The highest BCUT2D eigenvalue weighted by molar-refractivity contribution is 5.99. The van der Waals surface area contributed by atoms with Crippen LogP contribution in [0.25, 0.3) is 11.1 Å². The summed E-state index contributed by atoms with van der Waals surface area (Å²) in [5.74, 6) is 0.633. The molecule has 0 heterocycles. The molecule has 0 aliphatic heterocycles. The number of fused-ring (bicyclic) bond motifs is 3. The number of ketones is 1. The highest BCUT2D eigenvalue weighted by atomic mass is 16.1. The molecule has 2 aliphatic rings. The van der Waals surface area contributed by atoms with Gasteiger partial charge in [0.05, 0.1) is 0 Å². The van der Waals surface area contributed by atoms with Crippen molar-refractivity contribution < 1.29 is 4.79 Å². The maximum absolute atomic E-state index is 12.7. The number of Topliss-reactive ketones (excluding diaryl/α,β-unsaturated/α-hetero) is 1. The van der Waals surface area contributed by atoms with Crippen molar-refractivity contribution in [3.8, 4) is 11.1 Å². The summed E-state index contributed by atoms with van der Waals surface area (Å²) in [6.45, 7) is 0. The zero-order valence-corrected chi connectivity index (χ0v) is 12.3. The first-order chi connectivity index (χ1) is 10.3.